The van der Waals surface area contributed by atoms with Gasteiger partial charge >= 0.3 is 0 Å². The highest BCUT2D eigenvalue weighted by Gasteiger charge is 2.29. The van der Waals surface area contributed by atoms with Crippen LogP contribution < -0.4 is 5.73 Å². The number of hydrogen-bond donors (Lipinski definition) is 1. The van der Waals surface area contributed by atoms with Gasteiger partial charge in [-0.1, -0.05) is 19.3 Å². The maximum absolute atomic E-state index is 5.93. The molecule has 2 N–H and O–H groups in total. The molecule has 0 aliphatic heterocycles. The number of rotatable bonds is 0. The fraction of sp³-hybridized carbons (Fsp3) is 1.00. The first-order valence-electron chi connectivity index (χ1n) is 4.60. The van der Waals surface area contributed by atoms with E-state index in [-0.39, 0.29) is 0 Å². The first-order chi connectivity index (χ1) is 4.84. The van der Waals surface area contributed by atoms with E-state index in [0.29, 0.717) is 6.04 Å². The minimum absolute atomic E-state index is 0.545. The van der Waals surface area contributed by atoms with Gasteiger partial charge in [0.25, 0.3) is 0 Å². The van der Waals surface area contributed by atoms with Gasteiger partial charge in [0.05, 0.1) is 0 Å². The summed E-state index contributed by atoms with van der Waals surface area (Å²) in [6, 6.07) is 0.545. The molecule has 2 aliphatic rings. The summed E-state index contributed by atoms with van der Waals surface area (Å²) in [5.74, 6) is 2.00. The number of hydrogen-bond acceptors (Lipinski definition) is 1. The summed E-state index contributed by atoms with van der Waals surface area (Å²) < 4.78 is 0. The van der Waals surface area contributed by atoms with Crippen LogP contribution in [0.5, 0.6) is 0 Å². The van der Waals surface area contributed by atoms with Gasteiger partial charge in [0, 0.05) is 6.04 Å². The van der Waals surface area contributed by atoms with Gasteiger partial charge in [-0.15, -0.1) is 0 Å². The fourth-order valence-electron chi connectivity index (χ4n) is 2.78. The van der Waals surface area contributed by atoms with Crippen molar-refractivity contribution in [3.63, 3.8) is 0 Å². The predicted octanol–water partition coefficient (Wildman–Crippen LogP) is 1.91. The van der Waals surface area contributed by atoms with Gasteiger partial charge in [0.15, 0.2) is 0 Å². The van der Waals surface area contributed by atoms with Crippen LogP contribution in [-0.2, 0) is 0 Å². The highest BCUT2D eigenvalue weighted by atomic mass is 14.6. The molecule has 0 radical (unpaired) electrons. The highest BCUT2D eigenvalue weighted by Crippen LogP contribution is 2.38. The summed E-state index contributed by atoms with van der Waals surface area (Å²) in [5.41, 5.74) is 5.93. The van der Waals surface area contributed by atoms with Crippen molar-refractivity contribution in [3.05, 3.63) is 0 Å². The molecule has 2 rings (SSSR count). The molecule has 0 saturated heterocycles. The van der Waals surface area contributed by atoms with Crippen LogP contribution in [0.25, 0.3) is 0 Å². The molecule has 0 aromatic rings. The van der Waals surface area contributed by atoms with Crippen molar-refractivity contribution < 1.29 is 0 Å². The second-order valence-corrected chi connectivity index (χ2v) is 4.13. The monoisotopic (exact) mass is 139 g/mol. The van der Waals surface area contributed by atoms with Crippen LogP contribution in [0.3, 0.4) is 0 Å². The lowest BCUT2D eigenvalue weighted by molar-refractivity contribution is 0.171. The van der Waals surface area contributed by atoms with Gasteiger partial charge in [-0.3, -0.25) is 0 Å². The van der Waals surface area contributed by atoms with E-state index in [1.54, 1.807) is 0 Å². The summed E-state index contributed by atoms with van der Waals surface area (Å²) in [6.07, 6.45) is 8.52. The van der Waals surface area contributed by atoms with Crippen molar-refractivity contribution in [3.8, 4) is 0 Å². The Bertz CT molecular complexity index is 106. The molecule has 3 atom stereocenters. The lowest BCUT2D eigenvalue weighted by Crippen LogP contribution is -2.35. The predicted molar refractivity (Wildman–Crippen MR) is 42.7 cm³/mol. The molecule has 0 spiro atoms. The largest absolute Gasteiger partial charge is 0.328 e. The summed E-state index contributed by atoms with van der Waals surface area (Å²) in [7, 11) is 0. The molecule has 0 unspecified atom stereocenters. The van der Waals surface area contributed by atoms with E-state index < -0.39 is 0 Å². The van der Waals surface area contributed by atoms with Crippen LogP contribution >= 0.6 is 0 Å². The minimum atomic E-state index is 0.545. The second-order valence-electron chi connectivity index (χ2n) is 4.13. The van der Waals surface area contributed by atoms with Crippen LogP contribution in [-0.4, -0.2) is 6.04 Å². The van der Waals surface area contributed by atoms with E-state index >= 15 is 0 Å². The smallest absolute Gasteiger partial charge is 0.00441 e. The van der Waals surface area contributed by atoms with E-state index in [4.69, 9.17) is 5.73 Å². The minimum Gasteiger partial charge on any atom is -0.328 e. The quantitative estimate of drug-likeness (QED) is 0.545. The summed E-state index contributed by atoms with van der Waals surface area (Å²) >= 11 is 0. The van der Waals surface area contributed by atoms with E-state index in [1.165, 1.54) is 38.5 Å². The Hall–Kier alpha value is -0.0400. The molecule has 58 valence electrons. The molecule has 0 heterocycles. The first kappa shape index (κ1) is 6.66. The van der Waals surface area contributed by atoms with Gasteiger partial charge in [0.2, 0.25) is 0 Å². The molecule has 1 nitrogen and oxygen atoms in total. The van der Waals surface area contributed by atoms with Gasteiger partial charge in [0.1, 0.15) is 0 Å². The van der Waals surface area contributed by atoms with E-state index in [9.17, 15) is 0 Å². The van der Waals surface area contributed by atoms with Crippen molar-refractivity contribution in [2.75, 3.05) is 0 Å². The van der Waals surface area contributed by atoms with Crippen molar-refractivity contribution in [1.29, 1.82) is 0 Å². The van der Waals surface area contributed by atoms with Gasteiger partial charge in [-0.05, 0) is 31.1 Å². The Morgan fingerprint density at radius 3 is 2.10 bits per heavy atom. The van der Waals surface area contributed by atoms with E-state index in [1.807, 2.05) is 0 Å². The number of fused-ring (bicyclic) bond motifs is 2. The fourth-order valence-corrected chi connectivity index (χ4v) is 2.78. The third-order valence-electron chi connectivity index (χ3n) is 3.16. The Morgan fingerprint density at radius 1 is 0.900 bits per heavy atom. The zero-order valence-electron chi connectivity index (χ0n) is 6.55. The highest BCUT2D eigenvalue weighted by molar-refractivity contribution is 4.84. The van der Waals surface area contributed by atoms with Crippen LogP contribution in [0.15, 0.2) is 0 Å². The molecule has 0 aromatic heterocycles. The second kappa shape index (κ2) is 2.54. The van der Waals surface area contributed by atoms with Crippen molar-refractivity contribution in [2.45, 2.75) is 44.6 Å². The standard InChI is InChI=1S/C9H17N/c10-9-5-7-2-1-3-8(4-7)6-9/h7-9H,1-6,10H2/t7-,8+,9+. The van der Waals surface area contributed by atoms with Crippen LogP contribution in [0.1, 0.15) is 38.5 Å². The Morgan fingerprint density at radius 2 is 1.50 bits per heavy atom. The average molecular weight is 139 g/mol. The van der Waals surface area contributed by atoms with Crippen LogP contribution in [0.4, 0.5) is 0 Å². The van der Waals surface area contributed by atoms with Crippen molar-refractivity contribution >= 4 is 0 Å². The average Bonchev–Trinajstić information content (AvgIpc) is 1.85. The molecule has 2 saturated carbocycles. The normalized spacial score (nSPS) is 47.1. The van der Waals surface area contributed by atoms with Crippen molar-refractivity contribution in [2.24, 2.45) is 17.6 Å². The zero-order valence-corrected chi connectivity index (χ0v) is 6.55. The molecule has 2 fully saturated rings. The molecular formula is C9H17N. The first-order valence-corrected chi connectivity index (χ1v) is 4.60. The summed E-state index contributed by atoms with van der Waals surface area (Å²) in [4.78, 5) is 0. The van der Waals surface area contributed by atoms with E-state index in [2.05, 4.69) is 0 Å². The molecule has 2 bridgehead atoms. The van der Waals surface area contributed by atoms with Gasteiger partial charge < -0.3 is 5.73 Å². The van der Waals surface area contributed by atoms with Crippen LogP contribution in [0, 0.1) is 11.8 Å². The van der Waals surface area contributed by atoms with Crippen LogP contribution in [0.2, 0.25) is 0 Å². The Kier molecular flexibility index (Phi) is 1.69. The molecule has 0 amide bonds. The molecule has 0 aromatic carbocycles. The molecule has 2 aliphatic carbocycles. The van der Waals surface area contributed by atoms with Gasteiger partial charge in [-0.25, -0.2) is 0 Å². The molecule has 10 heavy (non-hydrogen) atoms. The third-order valence-corrected chi connectivity index (χ3v) is 3.16. The third kappa shape index (κ3) is 1.20. The zero-order chi connectivity index (χ0) is 6.97. The Labute approximate surface area is 63.0 Å². The number of nitrogens with two attached hydrogens (primary N) is 1. The topological polar surface area (TPSA) is 26.0 Å². The maximum atomic E-state index is 5.93. The van der Waals surface area contributed by atoms with E-state index in [0.717, 1.165) is 11.8 Å². The maximum Gasteiger partial charge on any atom is 0.00441 e. The Balaban J connectivity index is 1.98. The lowest BCUT2D eigenvalue weighted by Gasteiger charge is -2.37. The summed E-state index contributed by atoms with van der Waals surface area (Å²) in [6.45, 7) is 0. The lowest BCUT2D eigenvalue weighted by atomic mass is 9.71. The van der Waals surface area contributed by atoms with Gasteiger partial charge in [-0.2, -0.15) is 0 Å². The summed E-state index contributed by atoms with van der Waals surface area (Å²) in [5, 5.41) is 0. The van der Waals surface area contributed by atoms with Crippen molar-refractivity contribution in [1.82, 2.24) is 0 Å². The molecule has 1 heteroatoms. The molecular weight excluding hydrogens is 122 g/mol. The SMILES string of the molecule is N[C@@H]1C[C@H]2CCC[C@@H](C1)C2.